The van der Waals surface area contributed by atoms with Crippen LogP contribution < -0.4 is 10.6 Å². The second kappa shape index (κ2) is 24.8. The van der Waals surface area contributed by atoms with Crippen molar-refractivity contribution >= 4 is 34.6 Å². The maximum absolute atomic E-state index is 12.8. The van der Waals surface area contributed by atoms with E-state index >= 15 is 0 Å². The van der Waals surface area contributed by atoms with E-state index in [9.17, 15) is 9.59 Å². The number of ether oxygens (including phenoxy) is 2. The van der Waals surface area contributed by atoms with Crippen molar-refractivity contribution in [1.82, 2.24) is 20.4 Å². The molecular weight excluding hydrogens is 689 g/mol. The van der Waals surface area contributed by atoms with Crippen LogP contribution in [-0.4, -0.2) is 88.3 Å². The maximum Gasteiger partial charge on any atom is 0.328 e. The summed E-state index contributed by atoms with van der Waals surface area (Å²) in [5.74, 6) is -0.426. The monoisotopic (exact) mass is 752 g/mol. The molecule has 0 aliphatic rings. The molecule has 0 amide bonds. The topological polar surface area (TPSA) is 83.1 Å². The first-order chi connectivity index (χ1) is 23.9. The SMILES string of the molecule is C.C.Cc1ccccc1[C@@H](NCCc1cccs1)C(=O)O[C@H](C)CN(C)C.Cc1ccccc1[C@H](NCCc1cccs1)C(=O)O[C@H](C)CN(C)C. The first kappa shape index (κ1) is 46.6. The summed E-state index contributed by atoms with van der Waals surface area (Å²) in [5.41, 5.74) is 4.15. The second-order valence-electron chi connectivity index (χ2n) is 13.2. The third-order valence-corrected chi connectivity index (χ3v) is 9.82. The van der Waals surface area contributed by atoms with Crippen molar-refractivity contribution in [2.45, 2.75) is 79.7 Å². The third kappa shape index (κ3) is 16.5. The molecule has 8 nitrogen and oxygen atoms in total. The molecule has 0 saturated heterocycles. The molecule has 4 rings (SSSR count). The smallest absolute Gasteiger partial charge is 0.328 e. The molecule has 2 N–H and O–H groups in total. The van der Waals surface area contributed by atoms with Gasteiger partial charge in [-0.05, 0) is 114 Å². The van der Waals surface area contributed by atoms with Crippen LogP contribution >= 0.6 is 22.7 Å². The first-order valence-electron chi connectivity index (χ1n) is 17.3. The Hall–Kier alpha value is -3.38. The fourth-order valence-corrected chi connectivity index (χ4v) is 7.10. The second-order valence-corrected chi connectivity index (χ2v) is 15.2. The maximum atomic E-state index is 12.8. The van der Waals surface area contributed by atoms with E-state index in [4.69, 9.17) is 9.47 Å². The van der Waals surface area contributed by atoms with Gasteiger partial charge in [0.2, 0.25) is 0 Å². The molecule has 10 heteroatoms. The Morgan fingerprint density at radius 1 is 0.615 bits per heavy atom. The van der Waals surface area contributed by atoms with Crippen molar-refractivity contribution in [2.75, 3.05) is 54.4 Å². The van der Waals surface area contributed by atoms with E-state index in [1.807, 2.05) is 114 Å². The fourth-order valence-electron chi connectivity index (χ4n) is 5.69. The number of esters is 2. The molecular formula is C42H64N4O4S2. The first-order valence-corrected chi connectivity index (χ1v) is 19.0. The Bertz CT molecular complexity index is 1430. The zero-order chi connectivity index (χ0) is 36.5. The quantitative estimate of drug-likeness (QED) is 0.0988. The minimum Gasteiger partial charge on any atom is -0.460 e. The van der Waals surface area contributed by atoms with Crippen molar-refractivity contribution < 1.29 is 19.1 Å². The highest BCUT2D eigenvalue weighted by Gasteiger charge is 2.26. The minimum absolute atomic E-state index is 0. The number of likely N-dealkylation sites (N-methyl/N-ethyl adjacent to an activating group) is 2. The van der Waals surface area contributed by atoms with E-state index in [-0.39, 0.29) is 39.0 Å². The summed E-state index contributed by atoms with van der Waals surface area (Å²) in [4.78, 5) is 32.2. The van der Waals surface area contributed by atoms with E-state index in [1.54, 1.807) is 22.7 Å². The number of benzene rings is 2. The standard InChI is InChI=1S/2C20H28N2O2S.2CH4/c2*1-15-8-5-6-10-18(15)19(20(23)24-16(2)14-22(3)4)21-12-11-17-9-7-13-25-17;;/h2*5-10,13,16,19,21H,11-12,14H2,1-4H3;2*1H4/t16-,19+;16-,19-;;/m11../s1. The van der Waals surface area contributed by atoms with Gasteiger partial charge in [-0.1, -0.05) is 75.5 Å². The Balaban J connectivity index is 0.000000501. The number of hydrogen-bond acceptors (Lipinski definition) is 10. The van der Waals surface area contributed by atoms with Gasteiger partial charge in [-0.3, -0.25) is 0 Å². The molecule has 2 heterocycles. The summed E-state index contributed by atoms with van der Waals surface area (Å²) in [6.07, 6.45) is 1.52. The fraction of sp³-hybridized carbons (Fsp3) is 0.476. The molecule has 0 radical (unpaired) electrons. The lowest BCUT2D eigenvalue weighted by molar-refractivity contribution is -0.152. The zero-order valence-electron chi connectivity index (χ0n) is 31.0. The summed E-state index contributed by atoms with van der Waals surface area (Å²) in [6, 6.07) is 23.4. The molecule has 0 fully saturated rings. The largest absolute Gasteiger partial charge is 0.460 e. The van der Waals surface area contributed by atoms with Gasteiger partial charge in [0, 0.05) is 35.9 Å². The van der Waals surface area contributed by atoms with Gasteiger partial charge in [0.1, 0.15) is 24.3 Å². The molecule has 52 heavy (non-hydrogen) atoms. The Labute approximate surface area is 322 Å². The average Bonchev–Trinajstić information content (AvgIpc) is 3.77. The van der Waals surface area contributed by atoms with Gasteiger partial charge >= 0.3 is 11.9 Å². The normalized spacial score (nSPS) is 13.1. The van der Waals surface area contributed by atoms with E-state index in [0.717, 1.165) is 48.2 Å². The zero-order valence-corrected chi connectivity index (χ0v) is 32.6. The molecule has 0 aliphatic carbocycles. The molecule has 4 aromatic rings. The van der Waals surface area contributed by atoms with Crippen LogP contribution in [0.4, 0.5) is 0 Å². The number of carbonyl (C=O) groups is 2. The number of rotatable bonds is 18. The minimum atomic E-state index is -0.439. The predicted octanol–water partition coefficient (Wildman–Crippen LogP) is 8.12. The van der Waals surface area contributed by atoms with E-state index in [2.05, 4.69) is 45.7 Å². The highest BCUT2D eigenvalue weighted by Crippen LogP contribution is 2.22. The summed E-state index contributed by atoms with van der Waals surface area (Å²) in [7, 11) is 7.90. The molecule has 2 aromatic heterocycles. The van der Waals surface area contributed by atoms with E-state index < -0.39 is 12.1 Å². The molecule has 0 saturated carbocycles. The lowest BCUT2D eigenvalue weighted by Crippen LogP contribution is -2.36. The summed E-state index contributed by atoms with van der Waals surface area (Å²) < 4.78 is 11.4. The highest BCUT2D eigenvalue weighted by molar-refractivity contribution is 7.10. The molecule has 0 aliphatic heterocycles. The van der Waals surface area contributed by atoms with Gasteiger partial charge in [-0.25, -0.2) is 9.59 Å². The van der Waals surface area contributed by atoms with Crippen molar-refractivity contribution in [3.8, 4) is 0 Å². The molecule has 0 spiro atoms. The number of nitrogens with zero attached hydrogens (tertiary/aromatic N) is 2. The van der Waals surface area contributed by atoms with Crippen molar-refractivity contribution in [3.05, 3.63) is 116 Å². The number of aryl methyl sites for hydroxylation is 2. The molecule has 0 bridgehead atoms. The summed E-state index contributed by atoms with van der Waals surface area (Å²) in [6.45, 7) is 10.8. The van der Waals surface area contributed by atoms with Crippen LogP contribution in [0.15, 0.2) is 83.6 Å². The Morgan fingerprint density at radius 2 is 0.981 bits per heavy atom. The van der Waals surface area contributed by atoms with Gasteiger partial charge in [-0.15, -0.1) is 22.7 Å². The molecule has 288 valence electrons. The number of hydrogen-bond donors (Lipinski definition) is 2. The van der Waals surface area contributed by atoms with Gasteiger partial charge in [0.15, 0.2) is 0 Å². The van der Waals surface area contributed by atoms with Crippen LogP contribution in [0.5, 0.6) is 0 Å². The van der Waals surface area contributed by atoms with Gasteiger partial charge in [-0.2, -0.15) is 0 Å². The lowest BCUT2D eigenvalue weighted by Gasteiger charge is -2.23. The van der Waals surface area contributed by atoms with E-state index in [0.29, 0.717) is 13.1 Å². The van der Waals surface area contributed by atoms with Crippen LogP contribution in [0.1, 0.15) is 72.8 Å². The van der Waals surface area contributed by atoms with Crippen LogP contribution in [0.25, 0.3) is 0 Å². The van der Waals surface area contributed by atoms with Crippen LogP contribution in [0.3, 0.4) is 0 Å². The highest BCUT2D eigenvalue weighted by atomic mass is 32.1. The lowest BCUT2D eigenvalue weighted by atomic mass is 10.0. The third-order valence-electron chi connectivity index (χ3n) is 7.95. The van der Waals surface area contributed by atoms with Crippen molar-refractivity contribution in [3.63, 3.8) is 0 Å². The number of carbonyl (C=O) groups excluding carboxylic acids is 2. The summed E-state index contributed by atoms with van der Waals surface area (Å²) >= 11 is 3.48. The van der Waals surface area contributed by atoms with Crippen LogP contribution in [0, 0.1) is 13.8 Å². The van der Waals surface area contributed by atoms with Crippen LogP contribution in [0.2, 0.25) is 0 Å². The van der Waals surface area contributed by atoms with Gasteiger partial charge in [0.25, 0.3) is 0 Å². The molecule has 2 aromatic carbocycles. The number of nitrogens with one attached hydrogen (secondary N) is 2. The Kier molecular flexibility index (Phi) is 22.2. The summed E-state index contributed by atoms with van der Waals surface area (Å²) in [5, 5.41) is 10.9. The van der Waals surface area contributed by atoms with Gasteiger partial charge in [0.05, 0.1) is 0 Å². The van der Waals surface area contributed by atoms with Crippen LogP contribution in [-0.2, 0) is 31.9 Å². The predicted molar refractivity (Wildman–Crippen MR) is 222 cm³/mol. The average molecular weight is 753 g/mol. The van der Waals surface area contributed by atoms with Crippen molar-refractivity contribution in [2.24, 2.45) is 0 Å². The molecule has 0 unspecified atom stereocenters. The van der Waals surface area contributed by atoms with Gasteiger partial charge < -0.3 is 29.9 Å². The van der Waals surface area contributed by atoms with Crippen molar-refractivity contribution in [1.29, 1.82) is 0 Å². The number of thiophene rings is 2. The Morgan fingerprint density at radius 3 is 1.29 bits per heavy atom. The van der Waals surface area contributed by atoms with E-state index in [1.165, 1.54) is 9.75 Å². The molecule has 4 atom stereocenters.